The van der Waals surface area contributed by atoms with Gasteiger partial charge in [0.25, 0.3) is 5.91 Å². The SMILES string of the molecule is O=C(NCc1cn2ccsc2n1)c1ccccc1C(=O)c1ncc[nH]1. The van der Waals surface area contributed by atoms with Crippen LogP contribution >= 0.6 is 11.3 Å². The number of rotatable bonds is 5. The van der Waals surface area contributed by atoms with Crippen LogP contribution < -0.4 is 5.32 Å². The van der Waals surface area contributed by atoms with E-state index in [9.17, 15) is 9.59 Å². The van der Waals surface area contributed by atoms with E-state index >= 15 is 0 Å². The van der Waals surface area contributed by atoms with Gasteiger partial charge in [0.15, 0.2) is 10.8 Å². The highest BCUT2D eigenvalue weighted by molar-refractivity contribution is 7.15. The van der Waals surface area contributed by atoms with Crippen LogP contribution in [0, 0.1) is 0 Å². The molecule has 0 aliphatic heterocycles. The number of imidazole rings is 2. The van der Waals surface area contributed by atoms with Gasteiger partial charge in [-0.3, -0.25) is 14.0 Å². The summed E-state index contributed by atoms with van der Waals surface area (Å²) >= 11 is 1.53. The maximum absolute atomic E-state index is 12.5. The molecule has 4 aromatic rings. The number of aromatic nitrogens is 4. The second-order valence-corrected chi connectivity index (χ2v) is 6.19. The first kappa shape index (κ1) is 15.3. The molecule has 25 heavy (non-hydrogen) atoms. The van der Waals surface area contributed by atoms with Gasteiger partial charge in [-0.1, -0.05) is 18.2 Å². The minimum atomic E-state index is -0.327. The quantitative estimate of drug-likeness (QED) is 0.540. The van der Waals surface area contributed by atoms with Gasteiger partial charge in [0.1, 0.15) is 0 Å². The summed E-state index contributed by atoms with van der Waals surface area (Å²) in [5.74, 6) is -0.445. The molecule has 3 heterocycles. The van der Waals surface area contributed by atoms with Gasteiger partial charge < -0.3 is 10.3 Å². The lowest BCUT2D eigenvalue weighted by Crippen LogP contribution is -2.25. The fourth-order valence-corrected chi connectivity index (χ4v) is 3.24. The van der Waals surface area contributed by atoms with Crippen molar-refractivity contribution in [2.75, 3.05) is 0 Å². The molecule has 0 aliphatic rings. The molecule has 2 N–H and O–H groups in total. The molecule has 0 saturated carbocycles. The van der Waals surface area contributed by atoms with Crippen molar-refractivity contribution in [3.05, 3.63) is 77.1 Å². The lowest BCUT2D eigenvalue weighted by Gasteiger charge is -2.08. The third-order valence-corrected chi connectivity index (χ3v) is 4.47. The zero-order chi connectivity index (χ0) is 17.2. The van der Waals surface area contributed by atoms with Crippen molar-refractivity contribution in [2.45, 2.75) is 6.54 Å². The third kappa shape index (κ3) is 2.94. The Hall–Kier alpha value is -3.26. The molecule has 0 saturated heterocycles. The summed E-state index contributed by atoms with van der Waals surface area (Å²) in [6.07, 6.45) is 6.85. The van der Waals surface area contributed by atoms with Crippen LogP contribution in [0.4, 0.5) is 0 Å². The molecule has 4 rings (SSSR count). The summed E-state index contributed by atoms with van der Waals surface area (Å²) in [7, 11) is 0. The first-order chi connectivity index (χ1) is 12.2. The molecular formula is C17H13N5O2S. The lowest BCUT2D eigenvalue weighted by atomic mass is 10.0. The first-order valence-electron chi connectivity index (χ1n) is 7.55. The van der Waals surface area contributed by atoms with Gasteiger partial charge in [-0.15, -0.1) is 11.3 Å². The number of amides is 1. The second-order valence-electron chi connectivity index (χ2n) is 5.32. The number of nitrogens with zero attached hydrogens (tertiary/aromatic N) is 3. The predicted molar refractivity (Wildman–Crippen MR) is 92.7 cm³/mol. The van der Waals surface area contributed by atoms with Crippen LogP contribution in [0.2, 0.25) is 0 Å². The molecule has 3 aromatic heterocycles. The minimum absolute atomic E-state index is 0.203. The standard InChI is InChI=1S/C17H13N5O2S/c23-14(15-18-5-6-19-15)12-3-1-2-4-13(12)16(24)20-9-11-10-22-7-8-25-17(22)21-11/h1-8,10H,9H2,(H,18,19)(H,20,24). The molecule has 0 fully saturated rings. The third-order valence-electron chi connectivity index (χ3n) is 3.70. The van der Waals surface area contributed by atoms with Crippen molar-refractivity contribution in [3.8, 4) is 0 Å². The van der Waals surface area contributed by atoms with E-state index in [2.05, 4.69) is 20.3 Å². The van der Waals surface area contributed by atoms with Crippen LogP contribution in [0.1, 0.15) is 32.2 Å². The summed E-state index contributed by atoms with van der Waals surface area (Å²) < 4.78 is 1.90. The number of benzene rings is 1. The number of thiazole rings is 1. The predicted octanol–water partition coefficient (Wildman–Crippen LogP) is 2.28. The molecule has 0 radical (unpaired) electrons. The number of fused-ring (bicyclic) bond motifs is 1. The molecule has 124 valence electrons. The Kier molecular flexibility index (Phi) is 3.87. The van der Waals surface area contributed by atoms with E-state index in [1.165, 1.54) is 17.5 Å². The van der Waals surface area contributed by atoms with Gasteiger partial charge in [-0.05, 0) is 6.07 Å². The van der Waals surface area contributed by atoms with Crippen LogP contribution in [0.15, 0.2) is 54.4 Å². The molecule has 1 aromatic carbocycles. The largest absolute Gasteiger partial charge is 0.346 e. The number of aromatic amines is 1. The Bertz CT molecular complexity index is 1020. The molecular weight excluding hydrogens is 338 g/mol. The fourth-order valence-electron chi connectivity index (χ4n) is 2.52. The van der Waals surface area contributed by atoms with E-state index in [1.54, 1.807) is 30.5 Å². The Morgan fingerprint density at radius 1 is 1.24 bits per heavy atom. The van der Waals surface area contributed by atoms with Gasteiger partial charge >= 0.3 is 0 Å². The average Bonchev–Trinajstić information content (AvgIpc) is 3.35. The molecule has 7 nitrogen and oxygen atoms in total. The molecule has 0 atom stereocenters. The summed E-state index contributed by atoms with van der Waals surface area (Å²) in [6.45, 7) is 0.288. The number of nitrogens with one attached hydrogen (secondary N) is 2. The van der Waals surface area contributed by atoms with Crippen molar-refractivity contribution in [3.63, 3.8) is 0 Å². The Labute approximate surface area is 146 Å². The highest BCUT2D eigenvalue weighted by atomic mass is 32.1. The Balaban J connectivity index is 1.53. The van der Waals surface area contributed by atoms with Crippen molar-refractivity contribution < 1.29 is 9.59 Å². The molecule has 8 heteroatoms. The van der Waals surface area contributed by atoms with Crippen LogP contribution in [0.5, 0.6) is 0 Å². The van der Waals surface area contributed by atoms with E-state index in [0.29, 0.717) is 11.1 Å². The van der Waals surface area contributed by atoms with E-state index in [4.69, 9.17) is 0 Å². The number of carbonyl (C=O) groups is 2. The maximum Gasteiger partial charge on any atom is 0.252 e. The van der Waals surface area contributed by atoms with Gasteiger partial charge in [-0.25, -0.2) is 9.97 Å². The van der Waals surface area contributed by atoms with E-state index in [1.807, 2.05) is 22.2 Å². The zero-order valence-electron chi connectivity index (χ0n) is 13.0. The smallest absolute Gasteiger partial charge is 0.252 e. The molecule has 1 amide bonds. The number of hydrogen-bond donors (Lipinski definition) is 2. The van der Waals surface area contributed by atoms with Crippen LogP contribution in [-0.4, -0.2) is 31.0 Å². The van der Waals surface area contributed by atoms with Gasteiger partial charge in [-0.2, -0.15) is 0 Å². The van der Waals surface area contributed by atoms with Crippen LogP contribution in [0.25, 0.3) is 4.96 Å². The minimum Gasteiger partial charge on any atom is -0.346 e. The Morgan fingerprint density at radius 3 is 2.84 bits per heavy atom. The molecule has 0 bridgehead atoms. The summed E-state index contributed by atoms with van der Waals surface area (Å²) in [6, 6.07) is 6.68. The Morgan fingerprint density at radius 2 is 2.08 bits per heavy atom. The summed E-state index contributed by atoms with van der Waals surface area (Å²) in [5, 5.41) is 4.76. The van der Waals surface area contributed by atoms with E-state index in [-0.39, 0.29) is 24.1 Å². The van der Waals surface area contributed by atoms with Gasteiger partial charge in [0.05, 0.1) is 17.8 Å². The van der Waals surface area contributed by atoms with Crippen molar-refractivity contribution in [2.24, 2.45) is 0 Å². The van der Waals surface area contributed by atoms with Gasteiger partial charge in [0.2, 0.25) is 5.78 Å². The topological polar surface area (TPSA) is 92.2 Å². The highest BCUT2D eigenvalue weighted by Gasteiger charge is 2.19. The fraction of sp³-hybridized carbons (Fsp3) is 0.0588. The lowest BCUT2D eigenvalue weighted by molar-refractivity contribution is 0.0938. The molecule has 0 aliphatic carbocycles. The number of hydrogen-bond acceptors (Lipinski definition) is 5. The van der Waals surface area contributed by atoms with Crippen LogP contribution in [0.3, 0.4) is 0 Å². The number of carbonyl (C=O) groups excluding carboxylic acids is 2. The first-order valence-corrected chi connectivity index (χ1v) is 8.43. The van der Waals surface area contributed by atoms with Crippen molar-refractivity contribution in [1.29, 1.82) is 0 Å². The molecule has 0 unspecified atom stereocenters. The van der Waals surface area contributed by atoms with Gasteiger partial charge in [0, 0.05) is 35.7 Å². The van der Waals surface area contributed by atoms with E-state index in [0.717, 1.165) is 10.7 Å². The molecule has 0 spiro atoms. The van der Waals surface area contributed by atoms with Crippen LogP contribution in [-0.2, 0) is 6.54 Å². The number of H-pyrrole nitrogens is 1. The second kappa shape index (κ2) is 6.33. The van der Waals surface area contributed by atoms with E-state index < -0.39 is 0 Å². The average molecular weight is 351 g/mol. The number of ketones is 1. The summed E-state index contributed by atoms with van der Waals surface area (Å²) in [5.41, 5.74) is 1.38. The zero-order valence-corrected chi connectivity index (χ0v) is 13.8. The summed E-state index contributed by atoms with van der Waals surface area (Å²) in [4.78, 5) is 37.1. The monoisotopic (exact) mass is 351 g/mol. The van der Waals surface area contributed by atoms with Crippen molar-refractivity contribution in [1.82, 2.24) is 24.7 Å². The van der Waals surface area contributed by atoms with Crippen molar-refractivity contribution >= 4 is 28.0 Å². The maximum atomic E-state index is 12.5. The normalized spacial score (nSPS) is 10.9. The highest BCUT2D eigenvalue weighted by Crippen LogP contribution is 2.14.